The number of benzene rings is 1. The molecule has 0 amide bonds. The smallest absolute Gasteiger partial charge is 0.157 e. The minimum atomic E-state index is 0.712. The second-order valence-electron chi connectivity index (χ2n) is 5.53. The van der Waals surface area contributed by atoms with E-state index in [0.717, 1.165) is 23.7 Å². The monoisotopic (exact) mass is 271 g/mol. The van der Waals surface area contributed by atoms with E-state index in [1.165, 1.54) is 32.1 Å². The van der Waals surface area contributed by atoms with Crippen LogP contribution in [0.4, 0.5) is 5.69 Å². The molecule has 2 aromatic rings. The fourth-order valence-corrected chi connectivity index (χ4v) is 2.72. The molecule has 106 valence electrons. The molecule has 1 heterocycles. The van der Waals surface area contributed by atoms with E-state index in [2.05, 4.69) is 5.10 Å². The average Bonchev–Trinajstić information content (AvgIpc) is 2.96. The topological polar surface area (TPSA) is 53.1 Å². The van der Waals surface area contributed by atoms with Gasteiger partial charge in [0.05, 0.1) is 24.7 Å². The molecule has 0 spiro atoms. The van der Waals surface area contributed by atoms with Gasteiger partial charge in [0.25, 0.3) is 0 Å². The van der Waals surface area contributed by atoms with Gasteiger partial charge in [-0.05, 0) is 43.0 Å². The van der Waals surface area contributed by atoms with Gasteiger partial charge >= 0.3 is 0 Å². The summed E-state index contributed by atoms with van der Waals surface area (Å²) < 4.78 is 7.68. The molecule has 1 aliphatic rings. The highest BCUT2D eigenvalue weighted by atomic mass is 16.5. The predicted octanol–water partition coefficient (Wildman–Crippen LogP) is 3.41. The summed E-state index contributed by atoms with van der Waals surface area (Å²) in [5, 5.41) is 4.33. The van der Waals surface area contributed by atoms with Crippen LogP contribution in [-0.4, -0.2) is 16.4 Å². The van der Waals surface area contributed by atoms with Crippen LogP contribution >= 0.6 is 0 Å². The van der Waals surface area contributed by atoms with Crippen molar-refractivity contribution in [1.29, 1.82) is 0 Å². The minimum absolute atomic E-state index is 0.712. The summed E-state index contributed by atoms with van der Waals surface area (Å²) in [6.45, 7) is 0.813. The van der Waals surface area contributed by atoms with Crippen molar-refractivity contribution in [2.45, 2.75) is 32.1 Å². The van der Waals surface area contributed by atoms with Gasteiger partial charge in [0, 0.05) is 5.69 Å². The van der Waals surface area contributed by atoms with Crippen molar-refractivity contribution < 1.29 is 4.74 Å². The molecule has 1 fully saturated rings. The Kier molecular flexibility index (Phi) is 3.90. The lowest BCUT2D eigenvalue weighted by Crippen LogP contribution is -2.15. The van der Waals surface area contributed by atoms with Crippen LogP contribution in [0.15, 0.2) is 36.7 Å². The number of nitrogens with two attached hydrogens (primary N) is 1. The minimum Gasteiger partial charge on any atom is -0.490 e. The van der Waals surface area contributed by atoms with Gasteiger partial charge in [-0.25, -0.2) is 4.68 Å². The summed E-state index contributed by atoms with van der Waals surface area (Å²) in [6.07, 6.45) is 10.4. The Balaban J connectivity index is 1.60. The Morgan fingerprint density at radius 3 is 2.65 bits per heavy atom. The van der Waals surface area contributed by atoms with Crippen LogP contribution in [0.25, 0.3) is 5.69 Å². The number of nitrogen functional groups attached to an aromatic ring is 1. The van der Waals surface area contributed by atoms with E-state index in [9.17, 15) is 0 Å². The van der Waals surface area contributed by atoms with Crippen molar-refractivity contribution in [3.05, 3.63) is 36.7 Å². The van der Waals surface area contributed by atoms with Crippen molar-refractivity contribution >= 4 is 5.69 Å². The van der Waals surface area contributed by atoms with Gasteiger partial charge in [-0.3, -0.25) is 0 Å². The van der Waals surface area contributed by atoms with Crippen molar-refractivity contribution in [3.63, 3.8) is 0 Å². The number of nitrogens with zero attached hydrogens (tertiary/aromatic N) is 2. The van der Waals surface area contributed by atoms with Crippen LogP contribution in [0, 0.1) is 5.92 Å². The zero-order valence-electron chi connectivity index (χ0n) is 11.7. The molecule has 0 atom stereocenters. The quantitative estimate of drug-likeness (QED) is 0.867. The summed E-state index contributed by atoms with van der Waals surface area (Å²) >= 11 is 0. The van der Waals surface area contributed by atoms with Crippen LogP contribution < -0.4 is 10.5 Å². The third-order valence-corrected chi connectivity index (χ3v) is 3.93. The van der Waals surface area contributed by atoms with Crippen LogP contribution in [0.3, 0.4) is 0 Å². The Morgan fingerprint density at radius 2 is 1.90 bits per heavy atom. The molecule has 0 saturated heterocycles. The molecule has 1 aliphatic carbocycles. The molecule has 2 N–H and O–H groups in total. The van der Waals surface area contributed by atoms with Gasteiger partial charge < -0.3 is 10.5 Å². The molecule has 0 bridgehead atoms. The zero-order valence-corrected chi connectivity index (χ0v) is 11.7. The molecule has 0 aliphatic heterocycles. The molecule has 4 nitrogen and oxygen atoms in total. The van der Waals surface area contributed by atoms with Crippen LogP contribution in [0.5, 0.6) is 5.75 Å². The van der Waals surface area contributed by atoms with Gasteiger partial charge in [0.2, 0.25) is 0 Å². The fraction of sp³-hybridized carbons (Fsp3) is 0.438. The maximum atomic E-state index is 5.86. The highest BCUT2D eigenvalue weighted by Crippen LogP contribution is 2.24. The molecular formula is C16H21N3O. The normalized spacial score (nSPS) is 16.2. The van der Waals surface area contributed by atoms with E-state index in [-0.39, 0.29) is 0 Å². The number of hydrogen-bond acceptors (Lipinski definition) is 3. The van der Waals surface area contributed by atoms with E-state index in [4.69, 9.17) is 10.5 Å². The van der Waals surface area contributed by atoms with E-state index in [0.29, 0.717) is 5.92 Å². The lowest BCUT2D eigenvalue weighted by atomic mass is 9.90. The summed E-state index contributed by atoms with van der Waals surface area (Å²) in [4.78, 5) is 0. The molecule has 4 heteroatoms. The van der Waals surface area contributed by atoms with E-state index in [1.807, 2.05) is 35.1 Å². The zero-order chi connectivity index (χ0) is 13.8. The van der Waals surface area contributed by atoms with Gasteiger partial charge in [-0.2, -0.15) is 5.10 Å². The van der Waals surface area contributed by atoms with Crippen LogP contribution in [-0.2, 0) is 0 Å². The summed E-state index contributed by atoms with van der Waals surface area (Å²) in [7, 11) is 0. The lowest BCUT2D eigenvalue weighted by Gasteiger charge is -2.21. The van der Waals surface area contributed by atoms with Crippen molar-refractivity contribution in [3.8, 4) is 11.4 Å². The average molecular weight is 271 g/mol. The van der Waals surface area contributed by atoms with E-state index in [1.54, 1.807) is 6.20 Å². The van der Waals surface area contributed by atoms with Gasteiger partial charge in [-0.1, -0.05) is 19.3 Å². The Hall–Kier alpha value is -1.97. The van der Waals surface area contributed by atoms with Crippen LogP contribution in [0.2, 0.25) is 0 Å². The van der Waals surface area contributed by atoms with Crippen molar-refractivity contribution in [1.82, 2.24) is 9.78 Å². The van der Waals surface area contributed by atoms with Gasteiger partial charge in [0.15, 0.2) is 5.75 Å². The van der Waals surface area contributed by atoms with Gasteiger partial charge in [0.1, 0.15) is 0 Å². The van der Waals surface area contributed by atoms with Crippen LogP contribution in [0.1, 0.15) is 32.1 Å². The Labute approximate surface area is 119 Å². The maximum absolute atomic E-state index is 5.86. The first-order chi connectivity index (χ1) is 9.81. The molecule has 1 saturated carbocycles. The highest BCUT2D eigenvalue weighted by Gasteiger charge is 2.14. The molecule has 0 radical (unpaired) electrons. The summed E-state index contributed by atoms with van der Waals surface area (Å²) in [5.74, 6) is 1.55. The third-order valence-electron chi connectivity index (χ3n) is 3.93. The van der Waals surface area contributed by atoms with E-state index >= 15 is 0 Å². The predicted molar refractivity (Wildman–Crippen MR) is 80.0 cm³/mol. The second kappa shape index (κ2) is 5.99. The number of anilines is 1. The number of aromatic nitrogens is 2. The standard InChI is InChI=1S/C16H21N3O/c17-14-6-8-15(9-7-14)19-11-16(10-18-19)20-12-13-4-2-1-3-5-13/h6-11,13H,1-5,12,17H2. The molecule has 3 rings (SSSR count). The number of hydrogen-bond donors (Lipinski definition) is 1. The third kappa shape index (κ3) is 3.13. The Morgan fingerprint density at radius 1 is 1.15 bits per heavy atom. The first kappa shape index (κ1) is 13.0. The maximum Gasteiger partial charge on any atom is 0.157 e. The lowest BCUT2D eigenvalue weighted by molar-refractivity contribution is 0.209. The summed E-state index contributed by atoms with van der Waals surface area (Å²) in [6, 6.07) is 7.65. The van der Waals surface area contributed by atoms with Crippen molar-refractivity contribution in [2.75, 3.05) is 12.3 Å². The molecule has 1 aromatic heterocycles. The molecule has 0 unspecified atom stereocenters. The van der Waals surface area contributed by atoms with Gasteiger partial charge in [-0.15, -0.1) is 0 Å². The SMILES string of the molecule is Nc1ccc(-n2cc(OCC3CCCCC3)cn2)cc1. The highest BCUT2D eigenvalue weighted by molar-refractivity contribution is 5.44. The first-order valence-corrected chi connectivity index (χ1v) is 7.34. The second-order valence-corrected chi connectivity index (χ2v) is 5.53. The first-order valence-electron chi connectivity index (χ1n) is 7.34. The fourth-order valence-electron chi connectivity index (χ4n) is 2.72. The number of ether oxygens (including phenoxy) is 1. The Bertz CT molecular complexity index is 541. The summed E-state index contributed by atoms with van der Waals surface area (Å²) in [5.41, 5.74) is 7.44. The molecular weight excluding hydrogens is 250 g/mol. The molecule has 20 heavy (non-hydrogen) atoms. The number of rotatable bonds is 4. The molecule has 1 aromatic carbocycles. The largest absolute Gasteiger partial charge is 0.490 e. The van der Waals surface area contributed by atoms with E-state index < -0.39 is 0 Å². The van der Waals surface area contributed by atoms with Crippen molar-refractivity contribution in [2.24, 2.45) is 5.92 Å².